The minimum atomic E-state index is -4.10. The van der Waals surface area contributed by atoms with Crippen LogP contribution >= 0.6 is 0 Å². The van der Waals surface area contributed by atoms with Crippen LogP contribution in [0.25, 0.3) is 0 Å². The van der Waals surface area contributed by atoms with Gasteiger partial charge in [-0.2, -0.15) is 0 Å². The Morgan fingerprint density at radius 1 is 0.946 bits per heavy atom. The molecule has 4 rings (SSSR count). The van der Waals surface area contributed by atoms with E-state index < -0.39 is 14.9 Å². The molecular formula is C29H43N3O4S. The van der Waals surface area contributed by atoms with E-state index in [1.807, 2.05) is 0 Å². The Morgan fingerprint density at radius 2 is 1.51 bits per heavy atom. The van der Waals surface area contributed by atoms with Crippen LogP contribution in [0, 0.1) is 45.6 Å². The fraction of sp³-hybridized carbons (Fsp3) is 0.690. The molecule has 6 unspecified atom stereocenters. The molecule has 0 spiro atoms. The number of hydrogen-bond acceptors (Lipinski definition) is 5. The van der Waals surface area contributed by atoms with Gasteiger partial charge in [-0.3, -0.25) is 10.1 Å². The number of aromatic nitrogens is 2. The van der Waals surface area contributed by atoms with Gasteiger partial charge in [0.05, 0.1) is 9.82 Å². The van der Waals surface area contributed by atoms with E-state index in [2.05, 4.69) is 46.5 Å². The Bertz CT molecular complexity index is 1220. The second kappa shape index (κ2) is 10.9. The predicted octanol–water partition coefficient (Wildman–Crippen LogP) is 7.38. The lowest BCUT2D eigenvalue weighted by Gasteiger charge is -2.40. The number of benzene rings is 1. The first kappa shape index (κ1) is 27.8. The monoisotopic (exact) mass is 529 g/mol. The minimum Gasteiger partial charge on any atom is -0.258 e. The van der Waals surface area contributed by atoms with Gasteiger partial charge in [0.25, 0.3) is 15.7 Å². The Kier molecular flexibility index (Phi) is 8.17. The molecule has 2 aromatic rings. The van der Waals surface area contributed by atoms with Gasteiger partial charge in [0.15, 0.2) is 0 Å². The molecule has 6 atom stereocenters. The normalized spacial score (nSPS) is 29.1. The average Bonchev–Trinajstić information content (AvgIpc) is 3.33. The predicted molar refractivity (Wildman–Crippen MR) is 146 cm³/mol. The molecule has 0 N–H and O–H groups in total. The summed E-state index contributed by atoms with van der Waals surface area (Å²) in [5.41, 5.74) is 0.521. The van der Waals surface area contributed by atoms with Crippen LogP contribution in [-0.2, 0) is 10.0 Å². The van der Waals surface area contributed by atoms with Crippen LogP contribution in [0.1, 0.15) is 103 Å². The number of nitrogens with zero attached hydrogens (tertiary/aromatic N) is 3. The molecule has 1 aromatic carbocycles. The molecule has 0 amide bonds. The fourth-order valence-electron chi connectivity index (χ4n) is 7.83. The van der Waals surface area contributed by atoms with Crippen molar-refractivity contribution >= 4 is 15.7 Å². The van der Waals surface area contributed by atoms with E-state index in [4.69, 9.17) is 0 Å². The van der Waals surface area contributed by atoms with Gasteiger partial charge < -0.3 is 0 Å². The van der Waals surface area contributed by atoms with Crippen molar-refractivity contribution in [3.8, 4) is 0 Å². The highest BCUT2D eigenvalue weighted by Crippen LogP contribution is 2.48. The molecule has 2 fully saturated rings. The minimum absolute atomic E-state index is 0.0359. The Labute approximate surface area is 222 Å². The SMILES string of the molecule is CC(C)C1C(C)CCCC1c1ccc([N+](=O)[O-])cc1S(=O)(=O)n1ccnc1C1CCCC(C)C1C(C)C. The van der Waals surface area contributed by atoms with Crippen molar-refractivity contribution in [1.82, 2.24) is 8.96 Å². The van der Waals surface area contributed by atoms with Gasteiger partial charge in [0, 0.05) is 30.4 Å². The Morgan fingerprint density at radius 3 is 2.08 bits per heavy atom. The molecule has 0 aliphatic heterocycles. The van der Waals surface area contributed by atoms with Crippen molar-refractivity contribution in [2.45, 2.75) is 96.8 Å². The summed E-state index contributed by atoms with van der Waals surface area (Å²) in [5.74, 6) is 3.02. The van der Waals surface area contributed by atoms with Crippen LogP contribution in [0.4, 0.5) is 5.69 Å². The van der Waals surface area contributed by atoms with E-state index in [9.17, 15) is 18.5 Å². The summed E-state index contributed by atoms with van der Waals surface area (Å²) >= 11 is 0. The van der Waals surface area contributed by atoms with Crippen LogP contribution in [-0.4, -0.2) is 22.3 Å². The number of hydrogen-bond donors (Lipinski definition) is 0. The molecule has 204 valence electrons. The maximum absolute atomic E-state index is 14.4. The molecule has 8 heteroatoms. The lowest BCUT2D eigenvalue weighted by molar-refractivity contribution is -0.385. The maximum atomic E-state index is 14.4. The summed E-state index contributed by atoms with van der Waals surface area (Å²) in [6.45, 7) is 13.3. The van der Waals surface area contributed by atoms with Gasteiger partial charge in [-0.1, -0.05) is 73.3 Å². The standard InChI is InChI=1S/C29H43N3O4S/c1-18(2)27-20(5)9-7-11-24(27)23-14-13-22(32(33)34)17-26(23)37(35,36)31-16-15-30-29(31)25-12-8-10-21(6)28(25)19(3)4/h13-21,24-25,27-28H,7-12H2,1-6H3. The van der Waals surface area contributed by atoms with Crippen LogP contribution < -0.4 is 0 Å². The van der Waals surface area contributed by atoms with Crippen LogP contribution in [0.2, 0.25) is 0 Å². The lowest BCUT2D eigenvalue weighted by Crippen LogP contribution is -2.33. The molecule has 37 heavy (non-hydrogen) atoms. The van der Waals surface area contributed by atoms with E-state index >= 15 is 0 Å². The highest BCUT2D eigenvalue weighted by molar-refractivity contribution is 7.90. The maximum Gasteiger partial charge on any atom is 0.270 e. The zero-order valence-corrected chi connectivity index (χ0v) is 23.9. The molecule has 0 radical (unpaired) electrons. The molecule has 2 saturated carbocycles. The quantitative estimate of drug-likeness (QED) is 0.275. The topological polar surface area (TPSA) is 95.1 Å². The Hall–Kier alpha value is -2.22. The van der Waals surface area contributed by atoms with Gasteiger partial charge in [-0.05, 0) is 59.8 Å². The number of nitro benzene ring substituents is 1. The van der Waals surface area contributed by atoms with E-state index in [0.29, 0.717) is 46.9 Å². The third-order valence-corrected chi connectivity index (χ3v) is 11.0. The third-order valence-electron chi connectivity index (χ3n) is 9.24. The van der Waals surface area contributed by atoms with E-state index in [-0.39, 0.29) is 22.4 Å². The van der Waals surface area contributed by atoms with Gasteiger partial charge in [-0.25, -0.2) is 17.4 Å². The third kappa shape index (κ3) is 5.23. The number of non-ortho nitro benzene ring substituents is 1. The van der Waals surface area contributed by atoms with Crippen LogP contribution in [0.5, 0.6) is 0 Å². The van der Waals surface area contributed by atoms with Gasteiger partial charge in [0.1, 0.15) is 5.82 Å². The second-order valence-electron chi connectivity index (χ2n) is 12.2. The molecule has 2 aliphatic carbocycles. The van der Waals surface area contributed by atoms with E-state index in [1.165, 1.54) is 22.3 Å². The van der Waals surface area contributed by atoms with Crippen molar-refractivity contribution in [3.05, 3.63) is 52.1 Å². The first-order chi connectivity index (χ1) is 17.4. The smallest absolute Gasteiger partial charge is 0.258 e. The molecule has 1 aromatic heterocycles. The van der Waals surface area contributed by atoms with Crippen molar-refractivity contribution in [2.75, 3.05) is 0 Å². The molecular weight excluding hydrogens is 486 g/mol. The zero-order chi connectivity index (χ0) is 27.1. The number of imidazole rings is 1. The molecule has 0 saturated heterocycles. The van der Waals surface area contributed by atoms with Gasteiger partial charge in [-0.15, -0.1) is 0 Å². The largest absolute Gasteiger partial charge is 0.270 e. The number of rotatable bonds is 7. The summed E-state index contributed by atoms with van der Waals surface area (Å²) in [6.07, 6.45) is 9.22. The summed E-state index contributed by atoms with van der Waals surface area (Å²) in [7, 11) is -4.10. The van der Waals surface area contributed by atoms with Crippen molar-refractivity contribution in [3.63, 3.8) is 0 Å². The van der Waals surface area contributed by atoms with Gasteiger partial charge >= 0.3 is 0 Å². The van der Waals surface area contributed by atoms with Crippen LogP contribution in [0.15, 0.2) is 35.5 Å². The van der Waals surface area contributed by atoms with E-state index in [0.717, 1.165) is 38.5 Å². The molecule has 1 heterocycles. The van der Waals surface area contributed by atoms with Crippen molar-refractivity contribution in [1.29, 1.82) is 0 Å². The zero-order valence-electron chi connectivity index (χ0n) is 23.1. The van der Waals surface area contributed by atoms with Crippen LogP contribution in [0.3, 0.4) is 0 Å². The highest BCUT2D eigenvalue weighted by Gasteiger charge is 2.40. The summed E-state index contributed by atoms with van der Waals surface area (Å²) < 4.78 is 30.2. The number of nitro groups is 1. The summed E-state index contributed by atoms with van der Waals surface area (Å²) in [5, 5.41) is 11.7. The average molecular weight is 530 g/mol. The van der Waals surface area contributed by atoms with Gasteiger partial charge in [0.2, 0.25) is 0 Å². The highest BCUT2D eigenvalue weighted by atomic mass is 32.2. The fourth-order valence-corrected chi connectivity index (χ4v) is 9.47. The first-order valence-electron chi connectivity index (χ1n) is 14.0. The van der Waals surface area contributed by atoms with E-state index in [1.54, 1.807) is 12.3 Å². The van der Waals surface area contributed by atoms with Crippen molar-refractivity contribution < 1.29 is 13.3 Å². The summed E-state index contributed by atoms with van der Waals surface area (Å²) in [6, 6.07) is 4.46. The second-order valence-corrected chi connectivity index (χ2v) is 14.0. The molecule has 0 bridgehead atoms. The molecule has 2 aliphatic rings. The first-order valence-corrected chi connectivity index (χ1v) is 15.5. The molecule has 7 nitrogen and oxygen atoms in total. The van der Waals surface area contributed by atoms with Crippen molar-refractivity contribution in [2.24, 2.45) is 35.5 Å². The Balaban J connectivity index is 1.87. The summed E-state index contributed by atoms with van der Waals surface area (Å²) in [4.78, 5) is 15.9. The lowest BCUT2D eigenvalue weighted by atomic mass is 9.65.